The predicted molar refractivity (Wildman–Crippen MR) is 45.8 cm³/mol. The highest BCUT2D eigenvalue weighted by Crippen LogP contribution is 1.98. The molecular formula is C8H13NO4. The molecular weight excluding hydrogens is 174 g/mol. The third-order valence-electron chi connectivity index (χ3n) is 1.35. The van der Waals surface area contributed by atoms with Gasteiger partial charge in [-0.05, 0) is 13.8 Å². The summed E-state index contributed by atoms with van der Waals surface area (Å²) < 4.78 is 0. The first-order valence-corrected chi connectivity index (χ1v) is 3.82. The maximum atomic E-state index is 11.1. The standard InChI is InChI=1S/C8H13NO4/c1-4-9(3)13-8(12)6(2)5-7(10)11/h5H,4H2,1-3H3,(H,10,11). The summed E-state index contributed by atoms with van der Waals surface area (Å²) in [4.78, 5) is 25.9. The smallest absolute Gasteiger partial charge is 0.352 e. The van der Waals surface area contributed by atoms with Crippen LogP contribution in [0.5, 0.6) is 0 Å². The summed E-state index contributed by atoms with van der Waals surface area (Å²) in [5.41, 5.74) is 0.0628. The lowest BCUT2D eigenvalue weighted by Gasteiger charge is -2.12. The van der Waals surface area contributed by atoms with Crippen LogP contribution in [0.25, 0.3) is 0 Å². The van der Waals surface area contributed by atoms with Gasteiger partial charge in [0.15, 0.2) is 0 Å². The van der Waals surface area contributed by atoms with Gasteiger partial charge < -0.3 is 9.94 Å². The number of hydrogen-bond donors (Lipinski definition) is 1. The molecule has 0 radical (unpaired) electrons. The monoisotopic (exact) mass is 187 g/mol. The molecule has 0 unspecified atom stereocenters. The van der Waals surface area contributed by atoms with Gasteiger partial charge in [-0.3, -0.25) is 0 Å². The number of nitrogens with zero attached hydrogens (tertiary/aromatic N) is 1. The summed E-state index contributed by atoms with van der Waals surface area (Å²) in [7, 11) is 1.59. The first-order valence-electron chi connectivity index (χ1n) is 3.82. The lowest BCUT2D eigenvalue weighted by molar-refractivity contribution is -0.178. The van der Waals surface area contributed by atoms with Crippen LogP contribution in [0.15, 0.2) is 11.6 Å². The lowest BCUT2D eigenvalue weighted by Crippen LogP contribution is -2.23. The Morgan fingerprint density at radius 1 is 1.54 bits per heavy atom. The minimum absolute atomic E-state index is 0.0628. The van der Waals surface area contributed by atoms with Crippen molar-refractivity contribution < 1.29 is 19.5 Å². The van der Waals surface area contributed by atoms with Gasteiger partial charge in [-0.2, -0.15) is 0 Å². The van der Waals surface area contributed by atoms with Crippen LogP contribution in [0.3, 0.4) is 0 Å². The van der Waals surface area contributed by atoms with Crippen LogP contribution in [0.1, 0.15) is 13.8 Å². The van der Waals surface area contributed by atoms with E-state index in [1.54, 1.807) is 7.05 Å². The fourth-order valence-electron chi connectivity index (χ4n) is 0.522. The Balaban J connectivity index is 4.19. The second-order valence-corrected chi connectivity index (χ2v) is 2.49. The molecule has 1 N–H and O–H groups in total. The number of rotatable bonds is 4. The van der Waals surface area contributed by atoms with E-state index < -0.39 is 11.9 Å². The first-order chi connectivity index (χ1) is 5.97. The topological polar surface area (TPSA) is 66.8 Å². The minimum atomic E-state index is -1.16. The van der Waals surface area contributed by atoms with Crippen LogP contribution in [0.4, 0.5) is 0 Å². The van der Waals surface area contributed by atoms with Crippen molar-refractivity contribution >= 4 is 11.9 Å². The van der Waals surface area contributed by atoms with Crippen molar-refractivity contribution in [1.82, 2.24) is 5.06 Å². The summed E-state index contributed by atoms with van der Waals surface area (Å²) in [5.74, 6) is -1.81. The molecule has 0 spiro atoms. The predicted octanol–water partition coefficient (Wildman–Crippen LogP) is 0.427. The van der Waals surface area contributed by atoms with E-state index >= 15 is 0 Å². The van der Waals surface area contributed by atoms with E-state index in [9.17, 15) is 9.59 Å². The van der Waals surface area contributed by atoms with Gasteiger partial charge >= 0.3 is 11.9 Å². The lowest BCUT2D eigenvalue weighted by atomic mass is 10.3. The van der Waals surface area contributed by atoms with Gasteiger partial charge in [0.2, 0.25) is 0 Å². The van der Waals surface area contributed by atoms with Gasteiger partial charge in [0.05, 0.1) is 0 Å². The molecule has 0 aliphatic rings. The van der Waals surface area contributed by atoms with Crippen LogP contribution < -0.4 is 0 Å². The molecule has 0 fully saturated rings. The normalized spacial score (nSPS) is 11.5. The average Bonchev–Trinajstić information content (AvgIpc) is 2.02. The highest BCUT2D eigenvalue weighted by molar-refractivity contribution is 5.94. The van der Waals surface area contributed by atoms with Crippen LogP contribution in [0.2, 0.25) is 0 Å². The molecule has 0 rings (SSSR count). The maximum Gasteiger partial charge on any atom is 0.352 e. The van der Waals surface area contributed by atoms with Crippen molar-refractivity contribution in [2.24, 2.45) is 0 Å². The van der Waals surface area contributed by atoms with E-state index in [0.717, 1.165) is 6.08 Å². The van der Waals surface area contributed by atoms with Gasteiger partial charge in [-0.25, -0.2) is 9.59 Å². The van der Waals surface area contributed by atoms with Crippen LogP contribution >= 0.6 is 0 Å². The number of carboxylic acids is 1. The van der Waals surface area contributed by atoms with Crippen LogP contribution in [0, 0.1) is 0 Å². The van der Waals surface area contributed by atoms with E-state index in [4.69, 9.17) is 9.94 Å². The number of carbonyl (C=O) groups excluding carboxylic acids is 1. The third-order valence-corrected chi connectivity index (χ3v) is 1.35. The van der Waals surface area contributed by atoms with Crippen molar-refractivity contribution in [1.29, 1.82) is 0 Å². The molecule has 0 heterocycles. The summed E-state index contributed by atoms with van der Waals surface area (Å²) in [6, 6.07) is 0. The highest BCUT2D eigenvalue weighted by Gasteiger charge is 2.09. The van der Waals surface area contributed by atoms with Gasteiger partial charge in [0, 0.05) is 25.2 Å². The SMILES string of the molecule is CCN(C)OC(=O)C(C)=CC(=O)O. The zero-order chi connectivity index (χ0) is 10.4. The number of aliphatic carboxylic acids is 1. The zero-order valence-electron chi connectivity index (χ0n) is 7.90. The quantitative estimate of drug-likeness (QED) is 0.510. The highest BCUT2D eigenvalue weighted by atomic mass is 16.7. The zero-order valence-corrected chi connectivity index (χ0v) is 7.90. The van der Waals surface area contributed by atoms with Gasteiger partial charge in [0.25, 0.3) is 0 Å². The Labute approximate surface area is 76.5 Å². The molecule has 0 amide bonds. The van der Waals surface area contributed by atoms with E-state index in [0.29, 0.717) is 6.54 Å². The van der Waals surface area contributed by atoms with Gasteiger partial charge in [-0.15, -0.1) is 5.06 Å². The van der Waals surface area contributed by atoms with Crippen molar-refractivity contribution in [3.05, 3.63) is 11.6 Å². The Morgan fingerprint density at radius 2 is 2.08 bits per heavy atom. The molecule has 0 aliphatic carbocycles. The molecule has 0 aromatic carbocycles. The molecule has 0 aromatic rings. The molecule has 5 heteroatoms. The first kappa shape index (κ1) is 11.6. The van der Waals surface area contributed by atoms with E-state index in [-0.39, 0.29) is 5.57 Å². The van der Waals surface area contributed by atoms with Crippen LogP contribution in [-0.4, -0.2) is 35.7 Å². The molecule has 0 aromatic heterocycles. The molecule has 0 bridgehead atoms. The maximum absolute atomic E-state index is 11.1. The van der Waals surface area contributed by atoms with Gasteiger partial charge in [-0.1, -0.05) is 0 Å². The van der Waals surface area contributed by atoms with Gasteiger partial charge in [0.1, 0.15) is 0 Å². The second-order valence-electron chi connectivity index (χ2n) is 2.49. The van der Waals surface area contributed by atoms with E-state index in [1.807, 2.05) is 6.92 Å². The van der Waals surface area contributed by atoms with Crippen molar-refractivity contribution in [3.8, 4) is 0 Å². The fourth-order valence-corrected chi connectivity index (χ4v) is 0.522. The summed E-state index contributed by atoms with van der Waals surface area (Å²) in [6.45, 7) is 3.75. The second kappa shape index (κ2) is 5.31. The van der Waals surface area contributed by atoms with Crippen molar-refractivity contribution in [3.63, 3.8) is 0 Å². The third kappa shape index (κ3) is 4.97. The Kier molecular flexibility index (Phi) is 4.76. The number of hydroxylamine groups is 2. The molecule has 5 nitrogen and oxygen atoms in total. The molecule has 0 saturated heterocycles. The summed E-state index contributed by atoms with van der Waals surface area (Å²) in [6.07, 6.45) is 0.811. The Morgan fingerprint density at radius 3 is 2.46 bits per heavy atom. The Hall–Kier alpha value is -1.36. The molecule has 13 heavy (non-hydrogen) atoms. The summed E-state index contributed by atoms with van der Waals surface area (Å²) >= 11 is 0. The fraction of sp³-hybridized carbons (Fsp3) is 0.500. The minimum Gasteiger partial charge on any atom is -0.478 e. The molecule has 0 atom stereocenters. The van der Waals surface area contributed by atoms with Crippen molar-refractivity contribution in [2.75, 3.05) is 13.6 Å². The molecule has 74 valence electrons. The largest absolute Gasteiger partial charge is 0.478 e. The van der Waals surface area contributed by atoms with E-state index in [1.165, 1.54) is 12.0 Å². The molecule has 0 aliphatic heterocycles. The Bertz CT molecular complexity index is 234. The summed E-state index contributed by atoms with van der Waals surface area (Å²) in [5, 5.41) is 9.65. The molecule has 0 saturated carbocycles. The van der Waals surface area contributed by atoms with E-state index in [2.05, 4.69) is 0 Å². The van der Waals surface area contributed by atoms with Crippen molar-refractivity contribution in [2.45, 2.75) is 13.8 Å². The number of carbonyl (C=O) groups is 2. The number of hydrogen-bond acceptors (Lipinski definition) is 4. The number of carboxylic acid groups (broad SMARTS) is 1. The average molecular weight is 187 g/mol. The van der Waals surface area contributed by atoms with Crippen LogP contribution in [-0.2, 0) is 14.4 Å².